The molecule has 458 valence electrons. The first-order valence-corrected chi connectivity index (χ1v) is 28.4. The fourth-order valence-electron chi connectivity index (χ4n) is 8.30. The maximum absolute atomic E-state index is 13.5. The first-order valence-electron chi connectivity index (χ1n) is 26.9. The van der Waals surface area contributed by atoms with Gasteiger partial charge in [0.05, 0.1) is 96.2 Å². The highest BCUT2D eigenvalue weighted by Gasteiger charge is 2.25. The van der Waals surface area contributed by atoms with Crippen molar-refractivity contribution < 1.29 is 61.2 Å². The van der Waals surface area contributed by atoms with Crippen molar-refractivity contribution in [3.05, 3.63) is 223 Å². The maximum Gasteiger partial charge on any atom is 0.234 e. The van der Waals surface area contributed by atoms with E-state index >= 15 is 0 Å². The van der Waals surface area contributed by atoms with E-state index in [0.717, 1.165) is 31.0 Å². The highest BCUT2D eigenvalue weighted by Crippen LogP contribution is 2.34. The van der Waals surface area contributed by atoms with Crippen molar-refractivity contribution in [1.29, 1.82) is 0 Å². The maximum atomic E-state index is 13.5. The first-order chi connectivity index (χ1) is 42.6. The molecule has 27 heteroatoms. The molecule has 4 N–H and O–H groups in total. The zero-order valence-electron chi connectivity index (χ0n) is 48.3. The summed E-state index contributed by atoms with van der Waals surface area (Å²) in [7, 11) is 3.13. The molecule has 0 saturated carbocycles. The average molecular weight is 1350 g/mol. The number of hydrogen-bond donors (Lipinski definition) is 3. The van der Waals surface area contributed by atoms with Gasteiger partial charge in [0, 0.05) is 28.7 Å². The van der Waals surface area contributed by atoms with Gasteiger partial charge in [-0.05, 0) is 136 Å². The smallest absolute Gasteiger partial charge is 0.234 e. The van der Waals surface area contributed by atoms with E-state index in [1.54, 1.807) is 69.7 Å². The number of rotatable bonds is 15. The van der Waals surface area contributed by atoms with Gasteiger partial charge in [0.1, 0.15) is 45.9 Å². The van der Waals surface area contributed by atoms with E-state index in [2.05, 4.69) is 71.7 Å². The van der Waals surface area contributed by atoms with Crippen LogP contribution in [0, 0.1) is 23.3 Å². The number of carbonyl (C=O) groups excluding carboxylic acids is 5. The molecule has 0 aliphatic rings. The number of carbonyl (C=O) groups is 5. The van der Waals surface area contributed by atoms with E-state index in [-0.39, 0.29) is 70.0 Å². The van der Waals surface area contributed by atoms with Crippen LogP contribution in [0.1, 0.15) is 116 Å². The Kier molecular flexibility index (Phi) is 22.7. The van der Waals surface area contributed by atoms with Gasteiger partial charge in [-0.1, -0.05) is 27.7 Å². The molecule has 7 heterocycles. The summed E-state index contributed by atoms with van der Waals surface area (Å²) in [4.78, 5) is 92.2. The quantitative estimate of drug-likeness (QED) is 0.0488. The van der Waals surface area contributed by atoms with Crippen molar-refractivity contribution in [3.8, 4) is 23.0 Å². The van der Waals surface area contributed by atoms with Crippen molar-refractivity contribution >= 4 is 84.1 Å². The van der Waals surface area contributed by atoms with Crippen LogP contribution in [0.15, 0.2) is 143 Å². The number of ether oxygens (including phenoxy) is 2. The average Bonchev–Trinajstić information content (AvgIpc) is 1.94. The summed E-state index contributed by atoms with van der Waals surface area (Å²) in [6.45, 7) is 7.37. The van der Waals surface area contributed by atoms with Gasteiger partial charge in [-0.3, -0.25) is 37.2 Å². The lowest BCUT2D eigenvalue weighted by molar-refractivity contribution is -0.117. The van der Waals surface area contributed by atoms with Gasteiger partial charge >= 0.3 is 0 Å². The number of aryl methyl sites for hydroxylation is 3. The van der Waals surface area contributed by atoms with Crippen LogP contribution < -0.4 is 15.2 Å². The Labute approximate surface area is 521 Å². The predicted octanol–water partition coefficient (Wildman–Crippen LogP) is 11.4. The van der Waals surface area contributed by atoms with Crippen LogP contribution in [0.4, 0.5) is 23.5 Å². The lowest BCUT2D eigenvalue weighted by Crippen LogP contribution is -2.09. The number of hydrogen-bond acceptors (Lipinski definition) is 18. The number of phenols is 2. The normalized spacial score (nSPS) is 10.6. The summed E-state index contributed by atoms with van der Waals surface area (Å²) >= 11 is 6.40. The lowest BCUT2D eigenvalue weighted by Gasteiger charge is -2.07. The number of nitrogens with two attached hydrogens (primary N) is 1. The fourth-order valence-corrected chi connectivity index (χ4v) is 9.48. The molecule has 0 saturated heterocycles. The number of benzene rings is 4. The summed E-state index contributed by atoms with van der Waals surface area (Å²) in [6, 6.07) is 22.4. The number of fused-ring (bicyclic) bond motifs is 3. The summed E-state index contributed by atoms with van der Waals surface area (Å²) in [5, 5.41) is 19.1. The van der Waals surface area contributed by atoms with Gasteiger partial charge in [-0.15, -0.1) is 0 Å². The third kappa shape index (κ3) is 16.5. The van der Waals surface area contributed by atoms with Crippen molar-refractivity contribution in [2.24, 2.45) is 0 Å². The number of nitrogens with zero attached hydrogens (tertiary/aromatic N) is 11. The predicted molar refractivity (Wildman–Crippen MR) is 326 cm³/mol. The molecule has 11 rings (SSSR count). The monoisotopic (exact) mass is 1340 g/mol. The highest BCUT2D eigenvalue weighted by atomic mass is 79.9. The number of methoxy groups -OCH3 is 2. The number of Topliss-reactive ketones (excluding diaryl/α,β-unsaturated/α-hetero) is 2. The number of nitrogen functional groups attached to an aromatic ring is 1. The first kappa shape index (κ1) is 66.4. The summed E-state index contributed by atoms with van der Waals surface area (Å²) < 4.78 is 67.2. The molecule has 0 spiro atoms. The van der Waals surface area contributed by atoms with Crippen LogP contribution in [0.3, 0.4) is 0 Å². The molecule has 11 aromatic rings. The second kappa shape index (κ2) is 30.5. The van der Waals surface area contributed by atoms with Crippen molar-refractivity contribution in [3.63, 3.8) is 0 Å². The molecule has 21 nitrogen and oxygen atoms in total. The van der Waals surface area contributed by atoms with Gasteiger partial charge in [0.25, 0.3) is 0 Å². The van der Waals surface area contributed by atoms with E-state index in [9.17, 15) is 51.7 Å². The Balaban J connectivity index is 0.000000163. The van der Waals surface area contributed by atoms with Gasteiger partial charge in [0.2, 0.25) is 40.6 Å². The van der Waals surface area contributed by atoms with Crippen molar-refractivity contribution in [2.75, 3.05) is 20.0 Å². The molecule has 0 amide bonds. The molecule has 0 atom stereocenters. The number of aromatic nitrogens is 11. The van der Waals surface area contributed by atoms with Crippen LogP contribution in [-0.2, 0) is 24.1 Å². The van der Waals surface area contributed by atoms with E-state index in [1.165, 1.54) is 68.2 Å². The molecule has 4 aromatic carbocycles. The van der Waals surface area contributed by atoms with E-state index < -0.39 is 23.3 Å². The second-order valence-electron chi connectivity index (χ2n) is 18.6. The third-order valence-corrected chi connectivity index (χ3v) is 14.0. The number of halogens is 6. The minimum absolute atomic E-state index is 0.00289. The van der Waals surface area contributed by atoms with Gasteiger partial charge in [-0.25, -0.2) is 57.4 Å². The Bertz CT molecular complexity index is 4320. The minimum Gasteiger partial charge on any atom is -0.508 e. The number of ketones is 5. The van der Waals surface area contributed by atoms with Gasteiger partial charge in [-0.2, -0.15) is 0 Å². The molecule has 0 fully saturated rings. The molecule has 0 unspecified atom stereocenters. The van der Waals surface area contributed by atoms with Crippen molar-refractivity contribution in [2.45, 2.75) is 59.8 Å². The fraction of sp³-hybridized carbons (Fsp3) is 0.177. The zero-order valence-corrected chi connectivity index (χ0v) is 51.4. The third-order valence-electron chi connectivity index (χ3n) is 12.8. The molecule has 89 heavy (non-hydrogen) atoms. The molecule has 0 aliphatic heterocycles. The lowest BCUT2D eigenvalue weighted by atomic mass is 10.1. The summed E-state index contributed by atoms with van der Waals surface area (Å²) in [5.41, 5.74) is 9.41. The van der Waals surface area contributed by atoms with Gasteiger partial charge in [0.15, 0.2) is 29.1 Å². The minimum atomic E-state index is -0.556. The van der Waals surface area contributed by atoms with Crippen LogP contribution >= 0.6 is 31.9 Å². The van der Waals surface area contributed by atoms with Crippen LogP contribution in [0.2, 0.25) is 0 Å². The molecular weight excluding hydrogens is 1290 g/mol. The second-order valence-corrected chi connectivity index (χ2v) is 20.3. The summed E-state index contributed by atoms with van der Waals surface area (Å²) in [5.74, 6) is -0.685. The number of aromatic hydroxyl groups is 2. The molecule has 0 bridgehead atoms. The standard InChI is InChI=1S/C16H14FN3O2.C15H10Br2FN3O2.C15H12FN3O2.C12H14O3.C4H4FN3/c1-3-13-14(20-9-11(17)8-18-16(20)19-13)15(21)10-4-6-12(22-2)7-5-10;1-2-11-12(21-6-8(18)5-19-15(21)20-11)13(22)7-3-9(16)14(23)10(17)4-7;1-2-12-13(14(21)9-3-5-11(20)6-4-9)19-8-10(16)7-17-15(19)18-12;1-3-10(13)8-12(14)9-4-6-11(15-2)7-5-9;5-3-1-7-4(6)8-2-3/h4-9H,3H2,1-2H3;3-6,23H,2H2,1H3;3-8,20H,2H2,1H3;4-7H,3,8H2,1-2H3;1-2H,(H2,6,7,8). The van der Waals surface area contributed by atoms with Crippen molar-refractivity contribution in [1.82, 2.24) is 53.1 Å². The van der Waals surface area contributed by atoms with Crippen LogP contribution in [0.5, 0.6) is 23.0 Å². The Morgan fingerprint density at radius 1 is 0.494 bits per heavy atom. The number of phenolic OH excluding ortho intramolecular Hbond substituents is 2. The largest absolute Gasteiger partial charge is 0.508 e. The molecule has 0 aliphatic carbocycles. The topological polar surface area (TPSA) is 287 Å². The number of imidazole rings is 3. The Hall–Kier alpha value is -10.2. The van der Waals surface area contributed by atoms with Gasteiger partial charge < -0.3 is 25.4 Å². The SMILES string of the molecule is CCC(=O)CC(=O)c1ccc(OC)cc1.CCc1nc2ncc(F)cn2c1C(=O)c1cc(Br)c(O)c(Br)c1.CCc1nc2ncc(F)cn2c1C(=O)c1ccc(O)cc1.CCc1nc2ncc(F)cn2c1C(=O)c1ccc(OC)cc1.Nc1ncc(F)cn1. The molecule has 7 aromatic heterocycles. The molecular formula is C62H54Br2F4N12O9. The highest BCUT2D eigenvalue weighted by molar-refractivity contribution is 9.11. The zero-order chi connectivity index (χ0) is 64.6. The summed E-state index contributed by atoms with van der Waals surface area (Å²) in [6.07, 6.45) is 10.8. The Morgan fingerprint density at radius 3 is 1.17 bits per heavy atom. The Morgan fingerprint density at radius 2 is 0.831 bits per heavy atom. The van der Waals surface area contributed by atoms with E-state index in [4.69, 9.17) is 15.2 Å². The number of anilines is 1. The van der Waals surface area contributed by atoms with E-state index in [1.807, 2.05) is 20.8 Å². The van der Waals surface area contributed by atoms with Crippen LogP contribution in [0.25, 0.3) is 17.3 Å². The van der Waals surface area contributed by atoms with Crippen LogP contribution in [-0.4, -0.2) is 106 Å². The molecule has 0 radical (unpaired) electrons. The van der Waals surface area contributed by atoms with E-state index in [0.29, 0.717) is 103 Å².